The zero-order chi connectivity index (χ0) is 13.6. The van der Waals surface area contributed by atoms with E-state index in [2.05, 4.69) is 15.4 Å². The molecular weight excluding hydrogens is 259 g/mol. The number of likely N-dealkylation sites (N-methyl/N-ethyl adjacent to an activating group) is 1. The Labute approximate surface area is 107 Å². The van der Waals surface area contributed by atoms with Crippen LogP contribution in [0.3, 0.4) is 0 Å². The van der Waals surface area contributed by atoms with E-state index >= 15 is 0 Å². The van der Waals surface area contributed by atoms with Gasteiger partial charge in [-0.25, -0.2) is 9.50 Å². The topological polar surface area (TPSA) is 45.5 Å². The summed E-state index contributed by atoms with van der Waals surface area (Å²) in [4.78, 5) is 6.06. The van der Waals surface area contributed by atoms with Gasteiger partial charge in [0.1, 0.15) is 5.52 Å². The highest BCUT2D eigenvalue weighted by molar-refractivity contribution is 5.69. The largest absolute Gasteiger partial charge is 0.435 e. The number of anilines is 1. The van der Waals surface area contributed by atoms with Crippen LogP contribution >= 0.6 is 0 Å². The number of alkyl halides is 3. The molecule has 0 atom stereocenters. The van der Waals surface area contributed by atoms with Crippen molar-refractivity contribution in [3.8, 4) is 0 Å². The lowest BCUT2D eigenvalue weighted by molar-refractivity contribution is -0.141. The molecule has 2 aromatic rings. The second-order valence-corrected chi connectivity index (χ2v) is 4.53. The van der Waals surface area contributed by atoms with E-state index in [4.69, 9.17) is 0 Å². The highest BCUT2D eigenvalue weighted by Crippen LogP contribution is 2.31. The van der Waals surface area contributed by atoms with E-state index in [1.165, 1.54) is 16.9 Å². The maximum absolute atomic E-state index is 12.7. The summed E-state index contributed by atoms with van der Waals surface area (Å²) in [7, 11) is 1.83. The van der Waals surface area contributed by atoms with Crippen LogP contribution in [0.15, 0.2) is 18.5 Å². The number of hydrogen-bond donors (Lipinski definition) is 1. The second-order valence-electron chi connectivity index (χ2n) is 4.53. The molecule has 3 heterocycles. The molecule has 5 nitrogen and oxygen atoms in total. The number of nitrogens with zero attached hydrogens (tertiary/aromatic N) is 4. The summed E-state index contributed by atoms with van der Waals surface area (Å²) in [5.74, 6) is 0.511. The van der Waals surface area contributed by atoms with Crippen molar-refractivity contribution in [1.82, 2.24) is 19.9 Å². The van der Waals surface area contributed by atoms with Crippen LogP contribution in [0.5, 0.6) is 0 Å². The van der Waals surface area contributed by atoms with Gasteiger partial charge in [-0.3, -0.25) is 0 Å². The van der Waals surface area contributed by atoms with Crippen molar-refractivity contribution in [2.75, 3.05) is 25.0 Å². The lowest BCUT2D eigenvalue weighted by atomic mass is 10.1. The predicted octanol–water partition coefficient (Wildman–Crippen LogP) is 1.16. The first-order valence-corrected chi connectivity index (χ1v) is 5.82. The molecule has 0 unspecified atom stereocenters. The molecule has 2 aromatic heterocycles. The number of hydrogen-bond acceptors (Lipinski definition) is 4. The highest BCUT2D eigenvalue weighted by atomic mass is 19.4. The predicted molar refractivity (Wildman–Crippen MR) is 63.0 cm³/mol. The van der Waals surface area contributed by atoms with Crippen LogP contribution in [0.1, 0.15) is 5.69 Å². The third-order valence-electron chi connectivity index (χ3n) is 3.30. The van der Waals surface area contributed by atoms with E-state index in [0.717, 1.165) is 19.2 Å². The van der Waals surface area contributed by atoms with Gasteiger partial charge in [0.2, 0.25) is 0 Å². The minimum atomic E-state index is -4.44. The van der Waals surface area contributed by atoms with Crippen molar-refractivity contribution in [2.45, 2.75) is 12.2 Å². The monoisotopic (exact) mass is 271 g/mol. The molecule has 1 aliphatic rings. The van der Waals surface area contributed by atoms with Crippen LogP contribution in [-0.4, -0.2) is 40.8 Å². The molecule has 1 N–H and O–H groups in total. The first kappa shape index (κ1) is 12.2. The number of halogens is 3. The number of nitrogens with one attached hydrogen (secondary N) is 1. The third-order valence-corrected chi connectivity index (χ3v) is 3.30. The SMILES string of the molecule is CN(c1nccn2nc(C(F)(F)F)cc12)C1CNC1. The summed E-state index contributed by atoms with van der Waals surface area (Å²) in [6.07, 6.45) is -1.57. The van der Waals surface area contributed by atoms with E-state index in [1.807, 2.05) is 11.9 Å². The van der Waals surface area contributed by atoms with Crippen LogP contribution < -0.4 is 10.2 Å². The molecule has 19 heavy (non-hydrogen) atoms. The van der Waals surface area contributed by atoms with Crippen molar-refractivity contribution in [3.05, 3.63) is 24.2 Å². The first-order valence-electron chi connectivity index (χ1n) is 5.82. The molecule has 0 bridgehead atoms. The molecule has 1 saturated heterocycles. The fraction of sp³-hybridized carbons (Fsp3) is 0.455. The molecule has 102 valence electrons. The Morgan fingerprint density at radius 2 is 2.16 bits per heavy atom. The number of rotatable bonds is 2. The summed E-state index contributed by atoms with van der Waals surface area (Å²) in [5, 5.41) is 6.66. The minimum Gasteiger partial charge on any atom is -0.352 e. The molecule has 0 radical (unpaired) electrons. The summed E-state index contributed by atoms with van der Waals surface area (Å²) >= 11 is 0. The molecule has 1 fully saturated rings. The van der Waals surface area contributed by atoms with Crippen LogP contribution in [0, 0.1) is 0 Å². The maximum Gasteiger partial charge on any atom is 0.435 e. The number of aromatic nitrogens is 3. The Kier molecular flexibility index (Phi) is 2.63. The van der Waals surface area contributed by atoms with Crippen LogP contribution in [0.4, 0.5) is 19.0 Å². The lowest BCUT2D eigenvalue weighted by Crippen LogP contribution is -2.56. The minimum absolute atomic E-state index is 0.253. The van der Waals surface area contributed by atoms with Gasteiger partial charge in [0.25, 0.3) is 0 Å². The summed E-state index contributed by atoms with van der Waals surface area (Å²) < 4.78 is 39.2. The molecule has 3 rings (SSSR count). The van der Waals surface area contributed by atoms with Crippen molar-refractivity contribution in [2.24, 2.45) is 0 Å². The third kappa shape index (κ3) is 2.01. The summed E-state index contributed by atoms with van der Waals surface area (Å²) in [6.45, 7) is 1.61. The van der Waals surface area contributed by atoms with Crippen LogP contribution in [0.2, 0.25) is 0 Å². The fourth-order valence-corrected chi connectivity index (χ4v) is 2.04. The van der Waals surface area contributed by atoms with Gasteiger partial charge in [0, 0.05) is 38.6 Å². The van der Waals surface area contributed by atoms with Gasteiger partial charge < -0.3 is 10.2 Å². The van der Waals surface area contributed by atoms with E-state index in [-0.39, 0.29) is 6.04 Å². The van der Waals surface area contributed by atoms with E-state index in [0.29, 0.717) is 11.3 Å². The fourth-order valence-electron chi connectivity index (χ4n) is 2.04. The average molecular weight is 271 g/mol. The summed E-state index contributed by atoms with van der Waals surface area (Å²) in [5.41, 5.74) is -0.536. The van der Waals surface area contributed by atoms with Gasteiger partial charge in [-0.05, 0) is 0 Å². The zero-order valence-electron chi connectivity index (χ0n) is 10.1. The Morgan fingerprint density at radius 3 is 2.74 bits per heavy atom. The van der Waals surface area contributed by atoms with Gasteiger partial charge in [-0.2, -0.15) is 18.3 Å². The highest BCUT2D eigenvalue weighted by Gasteiger charge is 2.35. The smallest absolute Gasteiger partial charge is 0.352 e. The van der Waals surface area contributed by atoms with E-state index in [1.54, 1.807) is 0 Å². The van der Waals surface area contributed by atoms with Crippen molar-refractivity contribution >= 4 is 11.3 Å². The van der Waals surface area contributed by atoms with Crippen molar-refractivity contribution < 1.29 is 13.2 Å². The van der Waals surface area contributed by atoms with Gasteiger partial charge in [0.05, 0.1) is 6.04 Å². The van der Waals surface area contributed by atoms with E-state index in [9.17, 15) is 13.2 Å². The maximum atomic E-state index is 12.7. The molecular formula is C11H12F3N5. The molecule has 0 spiro atoms. The van der Waals surface area contributed by atoms with Gasteiger partial charge in [-0.1, -0.05) is 0 Å². The summed E-state index contributed by atoms with van der Waals surface area (Å²) in [6, 6.07) is 1.29. The molecule has 8 heteroatoms. The average Bonchev–Trinajstić information content (AvgIpc) is 2.69. The quantitative estimate of drug-likeness (QED) is 0.890. The molecule has 0 aliphatic carbocycles. The van der Waals surface area contributed by atoms with Crippen molar-refractivity contribution in [3.63, 3.8) is 0 Å². The Morgan fingerprint density at radius 1 is 1.42 bits per heavy atom. The standard InChI is InChI=1S/C11H12F3N5/c1-18(7-5-15-6-7)10-8-4-9(11(12,13)14)17-19(8)3-2-16-10/h2-4,7,15H,5-6H2,1H3. The lowest BCUT2D eigenvalue weighted by Gasteiger charge is -2.36. The van der Waals surface area contributed by atoms with Gasteiger partial charge in [0.15, 0.2) is 11.5 Å². The number of fused-ring (bicyclic) bond motifs is 1. The van der Waals surface area contributed by atoms with Gasteiger partial charge >= 0.3 is 6.18 Å². The zero-order valence-corrected chi connectivity index (χ0v) is 10.1. The van der Waals surface area contributed by atoms with Crippen molar-refractivity contribution in [1.29, 1.82) is 0 Å². The van der Waals surface area contributed by atoms with Crippen LogP contribution in [-0.2, 0) is 6.18 Å². The molecule has 0 saturated carbocycles. The van der Waals surface area contributed by atoms with E-state index < -0.39 is 11.9 Å². The second kappa shape index (κ2) is 4.09. The molecule has 0 aromatic carbocycles. The van der Waals surface area contributed by atoms with Gasteiger partial charge in [-0.15, -0.1) is 0 Å². The molecule has 0 amide bonds. The first-order chi connectivity index (χ1) is 8.97. The Bertz CT molecular complexity index is 602. The Hall–Kier alpha value is -1.83. The normalized spacial score (nSPS) is 16.6. The van der Waals surface area contributed by atoms with Crippen LogP contribution in [0.25, 0.3) is 5.52 Å². The molecule has 1 aliphatic heterocycles. The Balaban J connectivity index is 2.07.